The first-order chi connectivity index (χ1) is 15.2. The topological polar surface area (TPSA) is 85.9 Å². The number of hydrogen-bond acceptors (Lipinski definition) is 5. The highest BCUT2D eigenvalue weighted by Crippen LogP contribution is 2.37. The number of primary amides is 1. The molecule has 3 aromatic rings. The highest BCUT2D eigenvalue weighted by Gasteiger charge is 2.38. The maximum atomic E-state index is 10.9. The third kappa shape index (κ3) is 5.57. The molecule has 0 radical (unpaired) electrons. The Kier molecular flexibility index (Phi) is 7.92. The van der Waals surface area contributed by atoms with Crippen molar-refractivity contribution in [1.29, 1.82) is 0 Å². The molecule has 0 aliphatic carbocycles. The molecule has 3 aromatic carbocycles. The minimum atomic E-state index is -0.708. The molecular weight excluding hydrogens is 390 g/mol. The summed E-state index contributed by atoms with van der Waals surface area (Å²) < 4.78 is 5.94. The fraction of sp³-hybridized carbons (Fsp3) is 0.200. The van der Waals surface area contributed by atoms with Crippen molar-refractivity contribution in [2.24, 2.45) is 10.9 Å². The van der Waals surface area contributed by atoms with Crippen LogP contribution in [0.25, 0.3) is 0 Å². The Balaban J connectivity index is 2.09. The first-order valence-corrected chi connectivity index (χ1v) is 10.2. The van der Waals surface area contributed by atoms with E-state index in [-0.39, 0.29) is 6.61 Å². The molecular formula is C25H27N3O3. The van der Waals surface area contributed by atoms with Crippen LogP contribution in [0.4, 0.5) is 0 Å². The molecule has 0 aliphatic rings. The normalized spacial score (nSPS) is 12.5. The van der Waals surface area contributed by atoms with E-state index in [0.29, 0.717) is 6.61 Å². The van der Waals surface area contributed by atoms with Crippen molar-refractivity contribution < 1.29 is 14.4 Å². The van der Waals surface area contributed by atoms with Gasteiger partial charge < -0.3 is 15.3 Å². The summed E-state index contributed by atoms with van der Waals surface area (Å²) in [4.78, 5) is 16.2. The second-order valence-corrected chi connectivity index (χ2v) is 6.87. The van der Waals surface area contributed by atoms with E-state index in [2.05, 4.69) is 46.9 Å². The van der Waals surface area contributed by atoms with Crippen LogP contribution >= 0.6 is 0 Å². The van der Waals surface area contributed by atoms with Crippen molar-refractivity contribution in [2.75, 3.05) is 13.2 Å². The van der Waals surface area contributed by atoms with Gasteiger partial charge in [0.05, 0.1) is 5.54 Å². The molecule has 0 saturated carbocycles. The zero-order valence-electron chi connectivity index (χ0n) is 17.5. The molecule has 160 valence electrons. The van der Waals surface area contributed by atoms with E-state index >= 15 is 0 Å². The first-order valence-electron chi connectivity index (χ1n) is 10.2. The summed E-state index contributed by atoms with van der Waals surface area (Å²) in [5, 5.41) is 7.29. The lowest BCUT2D eigenvalue weighted by atomic mass is 9.77. The fourth-order valence-corrected chi connectivity index (χ4v) is 3.59. The Labute approximate surface area is 182 Å². The average Bonchev–Trinajstić information content (AvgIpc) is 2.82. The molecule has 0 saturated heterocycles. The highest BCUT2D eigenvalue weighted by atomic mass is 16.6. The Bertz CT molecular complexity index is 866. The van der Waals surface area contributed by atoms with Gasteiger partial charge in [-0.05, 0) is 23.6 Å². The maximum absolute atomic E-state index is 10.9. The second-order valence-electron chi connectivity index (χ2n) is 6.87. The summed E-state index contributed by atoms with van der Waals surface area (Å²) in [6, 6.07) is 30.6. The molecule has 1 unspecified atom stereocenters. The van der Waals surface area contributed by atoms with Gasteiger partial charge in [0.25, 0.3) is 5.91 Å². The van der Waals surface area contributed by atoms with E-state index in [9.17, 15) is 4.79 Å². The SMILES string of the molecule is CCOC(CON=CC(N)=O)NC(c1ccccc1)(c1ccccc1)c1ccccc1. The van der Waals surface area contributed by atoms with Crippen LogP contribution < -0.4 is 11.1 Å². The number of oxime groups is 1. The minimum absolute atomic E-state index is 0.0892. The van der Waals surface area contributed by atoms with Gasteiger partial charge in [0.15, 0.2) is 6.61 Å². The van der Waals surface area contributed by atoms with Gasteiger partial charge in [-0.3, -0.25) is 10.1 Å². The van der Waals surface area contributed by atoms with Crippen LogP contribution in [-0.2, 0) is 19.9 Å². The summed E-state index contributed by atoms with van der Waals surface area (Å²) in [7, 11) is 0. The minimum Gasteiger partial charge on any atom is -0.391 e. The van der Waals surface area contributed by atoms with E-state index < -0.39 is 17.7 Å². The van der Waals surface area contributed by atoms with Gasteiger partial charge in [-0.2, -0.15) is 0 Å². The lowest BCUT2D eigenvalue weighted by Crippen LogP contribution is -2.52. The van der Waals surface area contributed by atoms with Gasteiger partial charge in [0, 0.05) is 6.61 Å². The number of benzene rings is 3. The molecule has 0 bridgehead atoms. The lowest BCUT2D eigenvalue weighted by molar-refractivity contribution is -0.111. The molecule has 0 aromatic heterocycles. The smallest absolute Gasteiger partial charge is 0.263 e. The Morgan fingerprint density at radius 3 is 1.77 bits per heavy atom. The maximum Gasteiger partial charge on any atom is 0.263 e. The number of nitrogens with one attached hydrogen (secondary N) is 1. The molecule has 1 atom stereocenters. The van der Waals surface area contributed by atoms with E-state index in [1.165, 1.54) is 0 Å². The molecule has 0 spiro atoms. The van der Waals surface area contributed by atoms with Gasteiger partial charge in [-0.1, -0.05) is 96.2 Å². The summed E-state index contributed by atoms with van der Waals surface area (Å²) in [6.45, 7) is 2.47. The first kappa shape index (κ1) is 22.2. The summed E-state index contributed by atoms with van der Waals surface area (Å²) in [5.74, 6) is -0.673. The molecule has 0 fully saturated rings. The number of nitrogens with zero attached hydrogens (tertiary/aromatic N) is 1. The Hall–Kier alpha value is -3.48. The Morgan fingerprint density at radius 2 is 1.39 bits per heavy atom. The Morgan fingerprint density at radius 1 is 0.935 bits per heavy atom. The van der Waals surface area contributed by atoms with E-state index in [1.54, 1.807) is 0 Å². The van der Waals surface area contributed by atoms with Crippen LogP contribution in [-0.4, -0.2) is 31.6 Å². The zero-order valence-corrected chi connectivity index (χ0v) is 17.5. The van der Waals surface area contributed by atoms with Crippen LogP contribution in [0.1, 0.15) is 23.6 Å². The average molecular weight is 418 g/mol. The van der Waals surface area contributed by atoms with Gasteiger partial charge in [0.1, 0.15) is 12.4 Å². The van der Waals surface area contributed by atoms with Gasteiger partial charge >= 0.3 is 0 Å². The predicted molar refractivity (Wildman–Crippen MR) is 121 cm³/mol. The van der Waals surface area contributed by atoms with E-state index in [1.807, 2.05) is 61.5 Å². The van der Waals surface area contributed by atoms with E-state index in [4.69, 9.17) is 15.3 Å². The number of nitrogens with two attached hydrogens (primary N) is 1. The molecule has 3 rings (SSSR count). The van der Waals surface area contributed by atoms with Crippen molar-refractivity contribution in [3.8, 4) is 0 Å². The van der Waals surface area contributed by atoms with Crippen LogP contribution in [0.2, 0.25) is 0 Å². The number of ether oxygens (including phenoxy) is 1. The summed E-state index contributed by atoms with van der Waals surface area (Å²) >= 11 is 0. The molecule has 1 amide bonds. The largest absolute Gasteiger partial charge is 0.391 e. The van der Waals surface area contributed by atoms with Gasteiger partial charge in [-0.25, -0.2) is 0 Å². The summed E-state index contributed by atoms with van der Waals surface area (Å²) in [6.07, 6.45) is 0.414. The van der Waals surface area contributed by atoms with Crippen molar-refractivity contribution in [2.45, 2.75) is 18.7 Å². The zero-order chi connectivity index (χ0) is 21.9. The van der Waals surface area contributed by atoms with Crippen LogP contribution in [0.15, 0.2) is 96.2 Å². The fourth-order valence-electron chi connectivity index (χ4n) is 3.59. The molecule has 0 aliphatic heterocycles. The van der Waals surface area contributed by atoms with Crippen LogP contribution in [0.5, 0.6) is 0 Å². The molecule has 3 N–H and O–H groups in total. The summed E-state index contributed by atoms with van der Waals surface area (Å²) in [5.41, 5.74) is 7.54. The van der Waals surface area contributed by atoms with Gasteiger partial charge in [-0.15, -0.1) is 0 Å². The third-order valence-corrected chi connectivity index (χ3v) is 4.85. The number of carbonyl (C=O) groups excluding carboxylic acids is 1. The molecule has 31 heavy (non-hydrogen) atoms. The third-order valence-electron chi connectivity index (χ3n) is 4.85. The monoisotopic (exact) mass is 417 g/mol. The number of rotatable bonds is 11. The molecule has 6 heteroatoms. The van der Waals surface area contributed by atoms with Crippen molar-refractivity contribution in [3.05, 3.63) is 108 Å². The van der Waals surface area contributed by atoms with Crippen molar-refractivity contribution >= 4 is 12.1 Å². The quantitative estimate of drug-likeness (QED) is 0.217. The highest BCUT2D eigenvalue weighted by molar-refractivity contribution is 6.25. The van der Waals surface area contributed by atoms with Crippen LogP contribution in [0.3, 0.4) is 0 Å². The van der Waals surface area contributed by atoms with Crippen LogP contribution in [0, 0.1) is 0 Å². The van der Waals surface area contributed by atoms with Gasteiger partial charge in [0.2, 0.25) is 0 Å². The number of amides is 1. The predicted octanol–water partition coefficient (Wildman–Crippen LogP) is 3.42. The van der Waals surface area contributed by atoms with Crippen molar-refractivity contribution in [1.82, 2.24) is 5.32 Å². The number of carbonyl (C=O) groups is 1. The lowest BCUT2D eigenvalue weighted by Gasteiger charge is -2.39. The van der Waals surface area contributed by atoms with E-state index in [0.717, 1.165) is 22.9 Å². The second kappa shape index (κ2) is 11.1. The van der Waals surface area contributed by atoms with Crippen molar-refractivity contribution in [3.63, 3.8) is 0 Å². The number of hydrogen-bond donors (Lipinski definition) is 2. The molecule has 0 heterocycles. The standard InChI is InChI=1S/C25H27N3O3/c1-2-30-24(19-31-27-18-23(26)29)28-25(20-12-6-3-7-13-20,21-14-8-4-9-15-21)22-16-10-5-11-17-22/h3-18,24,28H,2,19H2,1H3,(H2,26,29). The molecule has 6 nitrogen and oxygen atoms in total.